The van der Waals surface area contributed by atoms with Crippen molar-refractivity contribution in [2.45, 2.75) is 52.9 Å². The summed E-state index contributed by atoms with van der Waals surface area (Å²) >= 11 is 0. The number of carbonyl (C=O) groups excluding carboxylic acids is 1. The molecule has 0 spiro atoms. The van der Waals surface area contributed by atoms with E-state index >= 15 is 0 Å². The van der Waals surface area contributed by atoms with Gasteiger partial charge in [-0.05, 0) is 44.6 Å². The summed E-state index contributed by atoms with van der Waals surface area (Å²) in [4.78, 5) is 11.5. The molecule has 0 heterocycles. The van der Waals surface area contributed by atoms with E-state index in [9.17, 15) is 4.79 Å². The number of allylic oxidation sites excluding steroid dienone is 3. The van der Waals surface area contributed by atoms with Crippen LogP contribution in [0.4, 0.5) is 0 Å². The van der Waals surface area contributed by atoms with E-state index in [4.69, 9.17) is 4.74 Å². The van der Waals surface area contributed by atoms with Crippen molar-refractivity contribution in [2.24, 2.45) is 5.92 Å². The zero-order valence-corrected chi connectivity index (χ0v) is 10.6. The molecular formula is C14H22O2. The van der Waals surface area contributed by atoms with Gasteiger partial charge in [-0.2, -0.15) is 0 Å². The number of ether oxygens (including phenoxy) is 1. The monoisotopic (exact) mass is 222 g/mol. The maximum absolute atomic E-state index is 11.5. The molecule has 0 aromatic carbocycles. The molecule has 0 bridgehead atoms. The lowest BCUT2D eigenvalue weighted by Crippen LogP contribution is -2.15. The Morgan fingerprint density at radius 2 is 2.25 bits per heavy atom. The van der Waals surface area contributed by atoms with Crippen LogP contribution in [-0.2, 0) is 9.53 Å². The lowest BCUT2D eigenvalue weighted by molar-refractivity contribution is -0.140. The quantitative estimate of drug-likeness (QED) is 0.531. The Kier molecular flexibility index (Phi) is 4.78. The normalized spacial score (nSPS) is 20.8. The van der Waals surface area contributed by atoms with E-state index in [2.05, 4.69) is 20.4 Å². The van der Waals surface area contributed by atoms with Crippen molar-refractivity contribution in [3.05, 3.63) is 23.5 Å². The summed E-state index contributed by atoms with van der Waals surface area (Å²) in [5.74, 6) is 1.27. The van der Waals surface area contributed by atoms with Crippen LogP contribution in [0.5, 0.6) is 0 Å². The molecule has 2 nitrogen and oxygen atoms in total. The van der Waals surface area contributed by atoms with Gasteiger partial charge in [-0.15, -0.1) is 0 Å². The zero-order chi connectivity index (χ0) is 12.1. The maximum atomic E-state index is 11.5. The van der Waals surface area contributed by atoms with Gasteiger partial charge >= 0.3 is 5.97 Å². The van der Waals surface area contributed by atoms with Gasteiger partial charge in [0.05, 0.1) is 0 Å². The molecule has 0 N–H and O–H groups in total. The van der Waals surface area contributed by atoms with E-state index in [0.717, 1.165) is 31.4 Å². The van der Waals surface area contributed by atoms with Crippen molar-refractivity contribution in [1.82, 2.24) is 0 Å². The molecule has 0 amide bonds. The molecule has 0 unspecified atom stereocenters. The molecule has 1 aliphatic rings. The predicted molar refractivity (Wildman–Crippen MR) is 65.9 cm³/mol. The first-order chi connectivity index (χ1) is 7.54. The van der Waals surface area contributed by atoms with Gasteiger partial charge in [0, 0.05) is 12.8 Å². The van der Waals surface area contributed by atoms with E-state index in [1.54, 1.807) is 0 Å². The molecule has 0 saturated carbocycles. The number of hydrogen-bond donors (Lipinski definition) is 0. The lowest BCUT2D eigenvalue weighted by Gasteiger charge is -2.25. The van der Waals surface area contributed by atoms with Crippen LogP contribution in [0.15, 0.2) is 23.5 Å². The number of carbonyl (C=O) groups is 1. The summed E-state index contributed by atoms with van der Waals surface area (Å²) in [5, 5.41) is 0. The summed E-state index contributed by atoms with van der Waals surface area (Å²) in [6, 6.07) is 0. The largest absolute Gasteiger partial charge is 0.431 e. The second-order valence-corrected chi connectivity index (χ2v) is 4.71. The molecule has 1 aliphatic carbocycles. The van der Waals surface area contributed by atoms with Crippen molar-refractivity contribution in [3.8, 4) is 0 Å². The van der Waals surface area contributed by atoms with Crippen LogP contribution >= 0.6 is 0 Å². The number of rotatable bonds is 4. The Morgan fingerprint density at radius 3 is 2.81 bits per heavy atom. The van der Waals surface area contributed by atoms with Gasteiger partial charge in [0.25, 0.3) is 0 Å². The molecule has 0 radical (unpaired) electrons. The van der Waals surface area contributed by atoms with Crippen molar-refractivity contribution < 1.29 is 9.53 Å². The van der Waals surface area contributed by atoms with Crippen LogP contribution in [0.25, 0.3) is 0 Å². The number of hydrogen-bond acceptors (Lipinski definition) is 2. The van der Waals surface area contributed by atoms with Gasteiger partial charge in [-0.1, -0.05) is 19.1 Å². The van der Waals surface area contributed by atoms with Gasteiger partial charge in [0.2, 0.25) is 0 Å². The maximum Gasteiger partial charge on any atom is 0.310 e. The fraction of sp³-hybridized carbons (Fsp3) is 0.643. The third-order valence-electron chi connectivity index (χ3n) is 3.16. The Hall–Kier alpha value is -1.05. The second kappa shape index (κ2) is 5.88. The van der Waals surface area contributed by atoms with Crippen molar-refractivity contribution in [2.75, 3.05) is 0 Å². The summed E-state index contributed by atoms with van der Waals surface area (Å²) < 4.78 is 5.42. The summed E-state index contributed by atoms with van der Waals surface area (Å²) in [5.41, 5.74) is 2.42. The third kappa shape index (κ3) is 3.51. The molecule has 0 fully saturated rings. The highest BCUT2D eigenvalue weighted by Gasteiger charge is 2.22. The molecule has 90 valence electrons. The molecular weight excluding hydrogens is 200 g/mol. The van der Waals surface area contributed by atoms with E-state index in [1.165, 1.54) is 11.1 Å². The third-order valence-corrected chi connectivity index (χ3v) is 3.16. The van der Waals surface area contributed by atoms with Crippen molar-refractivity contribution in [3.63, 3.8) is 0 Å². The minimum atomic E-state index is -0.0979. The van der Waals surface area contributed by atoms with Crippen LogP contribution in [0.3, 0.4) is 0 Å². The average molecular weight is 222 g/mol. The fourth-order valence-electron chi connectivity index (χ4n) is 1.97. The minimum Gasteiger partial charge on any atom is -0.431 e. The molecule has 2 heteroatoms. The van der Waals surface area contributed by atoms with Crippen LogP contribution < -0.4 is 0 Å². The predicted octanol–water partition coefficient (Wildman–Crippen LogP) is 3.98. The topological polar surface area (TPSA) is 26.3 Å². The Labute approximate surface area is 98.4 Å². The fourth-order valence-corrected chi connectivity index (χ4v) is 1.97. The highest BCUT2D eigenvalue weighted by atomic mass is 16.5. The van der Waals surface area contributed by atoms with Crippen LogP contribution in [0.1, 0.15) is 52.9 Å². The lowest BCUT2D eigenvalue weighted by atomic mass is 9.85. The first-order valence-electron chi connectivity index (χ1n) is 6.09. The van der Waals surface area contributed by atoms with E-state index in [1.807, 2.05) is 6.92 Å². The average Bonchev–Trinajstić information content (AvgIpc) is 2.21. The molecule has 1 atom stereocenters. The van der Waals surface area contributed by atoms with Crippen molar-refractivity contribution >= 4 is 5.97 Å². The first kappa shape index (κ1) is 13.0. The van der Waals surface area contributed by atoms with Crippen LogP contribution in [0, 0.1) is 5.92 Å². The van der Waals surface area contributed by atoms with Gasteiger partial charge < -0.3 is 4.74 Å². The summed E-state index contributed by atoms with van der Waals surface area (Å²) in [6.07, 6.45) is 4.35. The van der Waals surface area contributed by atoms with E-state index in [0.29, 0.717) is 12.3 Å². The zero-order valence-electron chi connectivity index (χ0n) is 10.6. The summed E-state index contributed by atoms with van der Waals surface area (Å²) in [6.45, 7) is 10.1. The van der Waals surface area contributed by atoms with Crippen LogP contribution in [-0.4, -0.2) is 5.97 Å². The first-order valence-corrected chi connectivity index (χ1v) is 6.09. The van der Waals surface area contributed by atoms with Gasteiger partial charge in [-0.25, -0.2) is 0 Å². The Balaban J connectivity index is 2.62. The smallest absolute Gasteiger partial charge is 0.310 e. The molecule has 0 aromatic rings. The molecule has 0 saturated heterocycles. The molecule has 0 aromatic heterocycles. The summed E-state index contributed by atoms with van der Waals surface area (Å²) in [7, 11) is 0. The minimum absolute atomic E-state index is 0.0979. The molecule has 16 heavy (non-hydrogen) atoms. The van der Waals surface area contributed by atoms with Gasteiger partial charge in [0.15, 0.2) is 0 Å². The highest BCUT2D eigenvalue weighted by Crippen LogP contribution is 2.33. The van der Waals surface area contributed by atoms with Crippen LogP contribution in [0.2, 0.25) is 0 Å². The highest BCUT2D eigenvalue weighted by molar-refractivity contribution is 5.70. The van der Waals surface area contributed by atoms with Crippen molar-refractivity contribution in [1.29, 1.82) is 0 Å². The standard InChI is InChI=1S/C14H22O2/c1-5-6-14(15)16-13-9-12(10(2)3)8-7-11(13)4/h12H,2,5-9H2,1,3-4H3/t12-/m1/s1. The number of esters is 1. The second-order valence-electron chi connectivity index (χ2n) is 4.71. The Morgan fingerprint density at radius 1 is 1.56 bits per heavy atom. The Bertz CT molecular complexity index is 313. The van der Waals surface area contributed by atoms with Gasteiger partial charge in [0.1, 0.15) is 5.76 Å². The molecule has 1 rings (SSSR count). The van der Waals surface area contributed by atoms with E-state index < -0.39 is 0 Å². The van der Waals surface area contributed by atoms with E-state index in [-0.39, 0.29) is 5.97 Å². The SMILES string of the molecule is C=C(C)[C@@H]1CCC(C)=C(OC(=O)CCC)C1. The molecule has 0 aliphatic heterocycles. The van der Waals surface area contributed by atoms with Gasteiger partial charge in [-0.3, -0.25) is 4.79 Å².